The van der Waals surface area contributed by atoms with Gasteiger partial charge in [0.05, 0.1) is 47.6 Å². The monoisotopic (exact) mass is 487 g/mol. The number of amides is 1. The lowest BCUT2D eigenvalue weighted by atomic mass is 9.95. The normalized spacial score (nSPS) is 14.3. The number of benzene rings is 1. The van der Waals surface area contributed by atoms with E-state index in [-0.39, 0.29) is 30.1 Å². The predicted octanol–water partition coefficient (Wildman–Crippen LogP) is 4.67. The highest BCUT2D eigenvalue weighted by Gasteiger charge is 2.51. The van der Waals surface area contributed by atoms with E-state index in [9.17, 15) is 27.2 Å². The second kappa shape index (κ2) is 9.40. The van der Waals surface area contributed by atoms with Crippen LogP contribution in [0.4, 0.5) is 28.9 Å². The first-order valence-electron chi connectivity index (χ1n) is 10.8. The van der Waals surface area contributed by atoms with Gasteiger partial charge in [-0.2, -0.15) is 10.2 Å². The summed E-state index contributed by atoms with van der Waals surface area (Å²) in [4.78, 5) is 29.1. The van der Waals surface area contributed by atoms with Gasteiger partial charge in [-0.25, -0.2) is 17.6 Å². The quantitative estimate of drug-likeness (QED) is 0.336. The smallest absolute Gasteiger partial charge is 0.272 e. The van der Waals surface area contributed by atoms with Crippen molar-refractivity contribution in [1.29, 1.82) is 0 Å². The number of para-hydroxylation sites is 1. The molecule has 1 saturated carbocycles. The predicted molar refractivity (Wildman–Crippen MR) is 118 cm³/mol. The maximum absolute atomic E-state index is 14.6. The van der Waals surface area contributed by atoms with Crippen LogP contribution in [0.25, 0.3) is 0 Å². The fourth-order valence-electron chi connectivity index (χ4n) is 3.68. The Morgan fingerprint density at radius 3 is 2.49 bits per heavy atom. The Labute approximate surface area is 198 Å². The number of alkyl halides is 2. The van der Waals surface area contributed by atoms with Crippen molar-refractivity contribution in [3.05, 3.63) is 77.4 Å². The van der Waals surface area contributed by atoms with Crippen LogP contribution < -0.4 is 10.6 Å². The van der Waals surface area contributed by atoms with Crippen molar-refractivity contribution in [2.45, 2.75) is 38.7 Å². The third-order valence-corrected chi connectivity index (χ3v) is 5.83. The van der Waals surface area contributed by atoms with E-state index in [1.807, 2.05) is 0 Å². The average molecular weight is 487 g/mol. The second-order valence-electron chi connectivity index (χ2n) is 8.52. The SMILES string of the molecule is CC(F)(F)c1cccc(F)c1Nc1cnc(CNC(=O)C2(CC(=O)c3ccnnc3)CC2)c(F)c1. The standard InChI is InChI=1S/C24H21F4N5O2/c1-23(27,28)16-3-2-4-17(25)21(16)33-15-9-18(26)19(29-12-15)13-30-22(35)24(6-7-24)10-20(34)14-5-8-31-32-11-14/h2-5,8-9,11-12,33H,6-7,10,13H2,1H3,(H,30,35). The number of rotatable bonds is 9. The number of nitrogens with zero attached hydrogens (tertiary/aromatic N) is 3. The van der Waals surface area contributed by atoms with E-state index in [4.69, 9.17) is 0 Å². The number of halogens is 4. The zero-order valence-electron chi connectivity index (χ0n) is 18.6. The Morgan fingerprint density at radius 1 is 1.09 bits per heavy atom. The summed E-state index contributed by atoms with van der Waals surface area (Å²) in [6, 6.07) is 5.74. The fourth-order valence-corrected chi connectivity index (χ4v) is 3.68. The number of aromatic nitrogens is 3. The summed E-state index contributed by atoms with van der Waals surface area (Å²) in [6.45, 7) is 0.390. The minimum Gasteiger partial charge on any atom is -0.351 e. The summed E-state index contributed by atoms with van der Waals surface area (Å²) in [5, 5.41) is 12.3. The maximum Gasteiger partial charge on any atom is 0.272 e. The largest absolute Gasteiger partial charge is 0.351 e. The van der Waals surface area contributed by atoms with Crippen molar-refractivity contribution < 1.29 is 27.2 Å². The highest BCUT2D eigenvalue weighted by molar-refractivity contribution is 6.00. The summed E-state index contributed by atoms with van der Waals surface area (Å²) in [5.74, 6) is -5.70. The van der Waals surface area contributed by atoms with Gasteiger partial charge in [-0.05, 0) is 25.0 Å². The van der Waals surface area contributed by atoms with Crippen LogP contribution in [-0.4, -0.2) is 26.9 Å². The maximum atomic E-state index is 14.6. The highest BCUT2D eigenvalue weighted by Crippen LogP contribution is 2.49. The molecule has 3 aromatic rings. The Hall–Kier alpha value is -3.89. The number of Topliss-reactive ketones (excluding diaryl/α,β-unsaturated/α-hetero) is 1. The van der Waals surface area contributed by atoms with Gasteiger partial charge in [0.1, 0.15) is 11.6 Å². The van der Waals surface area contributed by atoms with E-state index < -0.39 is 40.1 Å². The lowest BCUT2D eigenvalue weighted by Gasteiger charge is -2.18. The number of nitrogens with one attached hydrogen (secondary N) is 2. The van der Waals surface area contributed by atoms with E-state index >= 15 is 0 Å². The minimum absolute atomic E-state index is 0.00364. The van der Waals surface area contributed by atoms with E-state index in [1.165, 1.54) is 18.5 Å². The molecular formula is C24H21F4N5O2. The Bertz CT molecular complexity index is 1260. The topological polar surface area (TPSA) is 96.9 Å². The summed E-state index contributed by atoms with van der Waals surface area (Å²) >= 11 is 0. The Kier molecular flexibility index (Phi) is 6.51. The van der Waals surface area contributed by atoms with Crippen LogP contribution in [0.3, 0.4) is 0 Å². The summed E-state index contributed by atoms with van der Waals surface area (Å²) in [5.41, 5.74) is -1.70. The molecule has 11 heteroatoms. The first-order chi connectivity index (χ1) is 16.6. The molecule has 1 fully saturated rings. The summed E-state index contributed by atoms with van der Waals surface area (Å²) in [6.07, 6.45) is 4.92. The van der Waals surface area contributed by atoms with E-state index in [0.29, 0.717) is 25.3 Å². The molecule has 2 heterocycles. The molecule has 0 atom stereocenters. The van der Waals surface area contributed by atoms with Gasteiger partial charge in [0, 0.05) is 30.5 Å². The molecule has 2 aromatic heterocycles. The molecule has 0 spiro atoms. The number of hydrogen-bond acceptors (Lipinski definition) is 6. The van der Waals surface area contributed by atoms with Crippen LogP contribution in [0.1, 0.15) is 47.8 Å². The number of carbonyl (C=O) groups is 2. The van der Waals surface area contributed by atoms with Crippen molar-refractivity contribution in [2.24, 2.45) is 5.41 Å². The lowest BCUT2D eigenvalue weighted by molar-refractivity contribution is -0.126. The molecule has 1 aromatic carbocycles. The van der Waals surface area contributed by atoms with Crippen LogP contribution in [0.2, 0.25) is 0 Å². The molecule has 0 radical (unpaired) electrons. The van der Waals surface area contributed by atoms with Gasteiger partial charge >= 0.3 is 0 Å². The van der Waals surface area contributed by atoms with Gasteiger partial charge in [-0.3, -0.25) is 14.6 Å². The fraction of sp³-hybridized carbons (Fsp3) is 0.292. The molecule has 0 aliphatic heterocycles. The highest BCUT2D eigenvalue weighted by atomic mass is 19.3. The van der Waals surface area contributed by atoms with Crippen LogP contribution in [-0.2, 0) is 17.3 Å². The summed E-state index contributed by atoms with van der Waals surface area (Å²) < 4.78 is 56.5. The molecule has 0 bridgehead atoms. The van der Waals surface area contributed by atoms with Gasteiger partial charge in [-0.1, -0.05) is 12.1 Å². The average Bonchev–Trinajstić information content (AvgIpc) is 3.60. The molecule has 2 N–H and O–H groups in total. The van der Waals surface area contributed by atoms with Crippen molar-refractivity contribution in [2.75, 3.05) is 5.32 Å². The molecular weight excluding hydrogens is 466 g/mol. The van der Waals surface area contributed by atoms with Crippen LogP contribution in [0, 0.1) is 17.0 Å². The molecule has 0 saturated heterocycles. The van der Waals surface area contributed by atoms with E-state index in [0.717, 1.165) is 30.5 Å². The van der Waals surface area contributed by atoms with Gasteiger partial charge < -0.3 is 10.6 Å². The second-order valence-corrected chi connectivity index (χ2v) is 8.52. The lowest BCUT2D eigenvalue weighted by Crippen LogP contribution is -2.33. The number of hydrogen-bond donors (Lipinski definition) is 2. The Morgan fingerprint density at radius 2 is 1.86 bits per heavy atom. The van der Waals surface area contributed by atoms with Crippen molar-refractivity contribution in [1.82, 2.24) is 20.5 Å². The van der Waals surface area contributed by atoms with Crippen LogP contribution >= 0.6 is 0 Å². The number of pyridine rings is 1. The van der Waals surface area contributed by atoms with Gasteiger partial charge in [0.25, 0.3) is 5.92 Å². The van der Waals surface area contributed by atoms with Gasteiger partial charge in [0.15, 0.2) is 5.78 Å². The van der Waals surface area contributed by atoms with Crippen molar-refractivity contribution >= 4 is 23.1 Å². The first-order valence-corrected chi connectivity index (χ1v) is 10.8. The van der Waals surface area contributed by atoms with Gasteiger partial charge in [0.2, 0.25) is 5.91 Å². The third kappa shape index (κ3) is 5.44. The zero-order valence-corrected chi connectivity index (χ0v) is 18.6. The molecule has 1 amide bonds. The van der Waals surface area contributed by atoms with Crippen molar-refractivity contribution in [3.63, 3.8) is 0 Å². The molecule has 0 unspecified atom stereocenters. The Balaban J connectivity index is 1.41. The molecule has 7 nitrogen and oxygen atoms in total. The third-order valence-electron chi connectivity index (χ3n) is 5.83. The number of anilines is 2. The summed E-state index contributed by atoms with van der Waals surface area (Å²) in [7, 11) is 0. The number of carbonyl (C=O) groups excluding carboxylic acids is 2. The molecule has 1 aliphatic rings. The van der Waals surface area contributed by atoms with E-state index in [1.54, 1.807) is 0 Å². The first kappa shape index (κ1) is 24.2. The van der Waals surface area contributed by atoms with Gasteiger partial charge in [-0.15, -0.1) is 0 Å². The molecule has 1 aliphatic carbocycles. The zero-order chi connectivity index (χ0) is 25.2. The molecule has 4 rings (SSSR count). The van der Waals surface area contributed by atoms with Crippen molar-refractivity contribution in [3.8, 4) is 0 Å². The van der Waals surface area contributed by atoms with Crippen LogP contribution in [0.5, 0.6) is 0 Å². The van der Waals surface area contributed by atoms with Crippen LogP contribution in [0.15, 0.2) is 48.9 Å². The van der Waals surface area contributed by atoms with E-state index in [2.05, 4.69) is 25.8 Å². The molecule has 35 heavy (non-hydrogen) atoms. The minimum atomic E-state index is -3.32. The number of ketones is 1. The molecule has 182 valence electrons.